The molecule has 4 heteroatoms. The maximum absolute atomic E-state index is 10.5. The lowest BCUT2D eigenvalue weighted by molar-refractivity contribution is -0.00944. The van der Waals surface area contributed by atoms with E-state index >= 15 is 0 Å². The predicted octanol–water partition coefficient (Wildman–Crippen LogP) is 3.20. The van der Waals surface area contributed by atoms with Gasteiger partial charge in [-0.15, -0.1) is 12.4 Å². The van der Waals surface area contributed by atoms with Crippen LogP contribution in [-0.4, -0.2) is 17.8 Å². The first-order valence-electron chi connectivity index (χ1n) is 6.75. The molecule has 1 aliphatic carbocycles. The average Bonchev–Trinajstić information content (AvgIpc) is 2.39. The van der Waals surface area contributed by atoms with Gasteiger partial charge in [0, 0.05) is 6.04 Å². The predicted molar refractivity (Wildman–Crippen MR) is 79.8 cm³/mol. The van der Waals surface area contributed by atoms with E-state index in [1.807, 2.05) is 24.3 Å². The van der Waals surface area contributed by atoms with Crippen molar-refractivity contribution in [1.29, 1.82) is 0 Å². The van der Waals surface area contributed by atoms with Crippen molar-refractivity contribution in [2.75, 3.05) is 7.11 Å². The highest BCUT2D eigenvalue weighted by atomic mass is 35.5. The van der Waals surface area contributed by atoms with Crippen LogP contribution in [0.4, 0.5) is 0 Å². The van der Waals surface area contributed by atoms with Crippen molar-refractivity contribution in [3.8, 4) is 5.75 Å². The van der Waals surface area contributed by atoms with Gasteiger partial charge in [0.05, 0.1) is 12.7 Å². The fourth-order valence-corrected chi connectivity index (χ4v) is 2.79. The maximum Gasteiger partial charge on any atom is 0.118 e. The molecule has 0 bridgehead atoms. The lowest BCUT2D eigenvalue weighted by atomic mass is 9.79. The monoisotopic (exact) mass is 285 g/mol. The second-order valence-corrected chi connectivity index (χ2v) is 5.37. The van der Waals surface area contributed by atoms with Gasteiger partial charge < -0.3 is 15.6 Å². The van der Waals surface area contributed by atoms with E-state index in [1.54, 1.807) is 7.11 Å². The Labute approximate surface area is 121 Å². The Bertz CT molecular complexity index is 374. The molecular weight excluding hydrogens is 262 g/mol. The summed E-state index contributed by atoms with van der Waals surface area (Å²) in [6.07, 6.45) is 5.89. The second-order valence-electron chi connectivity index (χ2n) is 5.37. The van der Waals surface area contributed by atoms with Crippen molar-refractivity contribution in [2.45, 2.75) is 50.2 Å². The number of ether oxygens (including phenoxy) is 1. The first kappa shape index (κ1) is 16.3. The summed E-state index contributed by atoms with van der Waals surface area (Å²) in [6, 6.07) is 7.70. The quantitative estimate of drug-likeness (QED) is 0.893. The molecule has 0 heterocycles. The molecular formula is C15H24ClNO2. The van der Waals surface area contributed by atoms with Crippen LogP contribution in [0.2, 0.25) is 0 Å². The average molecular weight is 286 g/mol. The molecule has 1 aromatic rings. The first-order chi connectivity index (χ1) is 8.63. The normalized spacial score (nSPS) is 19.3. The highest BCUT2D eigenvalue weighted by Gasteiger charge is 2.31. The lowest BCUT2D eigenvalue weighted by Crippen LogP contribution is -2.35. The van der Waals surface area contributed by atoms with Crippen LogP contribution in [0.1, 0.15) is 50.1 Å². The number of methoxy groups -OCH3 is 1. The summed E-state index contributed by atoms with van der Waals surface area (Å²) in [5, 5.41) is 10.5. The van der Waals surface area contributed by atoms with Gasteiger partial charge in [-0.2, -0.15) is 0 Å². The van der Waals surface area contributed by atoms with Gasteiger partial charge in [-0.05, 0) is 37.0 Å². The summed E-state index contributed by atoms with van der Waals surface area (Å²) in [5.41, 5.74) is 6.71. The van der Waals surface area contributed by atoms with Gasteiger partial charge in [0.1, 0.15) is 5.75 Å². The SMILES string of the molecule is COc1ccc(C(N)CC2(O)CCCCC2)cc1.Cl. The summed E-state index contributed by atoms with van der Waals surface area (Å²) in [6.45, 7) is 0. The number of aliphatic hydroxyl groups is 1. The standard InChI is InChI=1S/C15H23NO2.ClH/c1-18-13-7-5-12(6-8-13)14(16)11-15(17)9-3-2-4-10-15;/h5-8,14,17H,2-4,9-11,16H2,1H3;1H. The minimum Gasteiger partial charge on any atom is -0.497 e. The van der Waals surface area contributed by atoms with E-state index in [4.69, 9.17) is 10.5 Å². The first-order valence-corrected chi connectivity index (χ1v) is 6.75. The molecule has 3 N–H and O–H groups in total. The second kappa shape index (κ2) is 7.13. The topological polar surface area (TPSA) is 55.5 Å². The Morgan fingerprint density at radius 3 is 2.32 bits per heavy atom. The van der Waals surface area contributed by atoms with E-state index < -0.39 is 5.60 Å². The molecule has 1 aromatic carbocycles. The number of hydrogen-bond donors (Lipinski definition) is 2. The fraction of sp³-hybridized carbons (Fsp3) is 0.600. The number of benzene rings is 1. The van der Waals surface area contributed by atoms with Crippen molar-refractivity contribution >= 4 is 12.4 Å². The summed E-state index contributed by atoms with van der Waals surface area (Å²) in [7, 11) is 1.65. The van der Waals surface area contributed by atoms with Gasteiger partial charge >= 0.3 is 0 Å². The highest BCUT2D eigenvalue weighted by Crippen LogP contribution is 2.34. The highest BCUT2D eigenvalue weighted by molar-refractivity contribution is 5.85. The van der Waals surface area contributed by atoms with Crippen molar-refractivity contribution in [3.63, 3.8) is 0 Å². The number of nitrogens with two attached hydrogens (primary N) is 1. The Morgan fingerprint density at radius 2 is 1.79 bits per heavy atom. The Hall–Kier alpha value is -0.770. The molecule has 0 aromatic heterocycles. The third-order valence-corrected chi connectivity index (χ3v) is 3.93. The fourth-order valence-electron chi connectivity index (χ4n) is 2.79. The summed E-state index contributed by atoms with van der Waals surface area (Å²) in [5.74, 6) is 0.835. The van der Waals surface area contributed by atoms with Crippen LogP contribution in [0, 0.1) is 0 Å². The van der Waals surface area contributed by atoms with Crippen LogP contribution in [0.3, 0.4) is 0 Å². The van der Waals surface area contributed by atoms with Gasteiger partial charge in [-0.1, -0.05) is 31.4 Å². The van der Waals surface area contributed by atoms with Gasteiger partial charge in [0.25, 0.3) is 0 Å². The van der Waals surface area contributed by atoms with E-state index in [0.29, 0.717) is 6.42 Å². The van der Waals surface area contributed by atoms with Gasteiger partial charge in [0.2, 0.25) is 0 Å². The van der Waals surface area contributed by atoms with Crippen LogP contribution >= 0.6 is 12.4 Å². The van der Waals surface area contributed by atoms with Crippen LogP contribution in [0.15, 0.2) is 24.3 Å². The third-order valence-electron chi connectivity index (χ3n) is 3.93. The van der Waals surface area contributed by atoms with Crippen LogP contribution in [-0.2, 0) is 0 Å². The van der Waals surface area contributed by atoms with E-state index in [9.17, 15) is 5.11 Å². The van der Waals surface area contributed by atoms with E-state index in [1.165, 1.54) is 6.42 Å². The molecule has 2 rings (SSSR count). The van der Waals surface area contributed by atoms with Gasteiger partial charge in [0.15, 0.2) is 0 Å². The zero-order valence-corrected chi connectivity index (χ0v) is 12.3. The lowest BCUT2D eigenvalue weighted by Gasteiger charge is -2.34. The van der Waals surface area contributed by atoms with Crippen LogP contribution in [0.5, 0.6) is 5.75 Å². The zero-order valence-electron chi connectivity index (χ0n) is 11.5. The molecule has 1 fully saturated rings. The smallest absolute Gasteiger partial charge is 0.118 e. The van der Waals surface area contributed by atoms with Crippen molar-refractivity contribution in [1.82, 2.24) is 0 Å². The molecule has 1 unspecified atom stereocenters. The summed E-state index contributed by atoms with van der Waals surface area (Å²) in [4.78, 5) is 0. The molecule has 0 amide bonds. The Morgan fingerprint density at radius 1 is 1.21 bits per heavy atom. The Kier molecular flexibility index (Phi) is 6.11. The van der Waals surface area contributed by atoms with Gasteiger partial charge in [-0.25, -0.2) is 0 Å². The van der Waals surface area contributed by atoms with Crippen molar-refractivity contribution in [3.05, 3.63) is 29.8 Å². The van der Waals surface area contributed by atoms with Crippen molar-refractivity contribution in [2.24, 2.45) is 5.73 Å². The molecule has 1 aliphatic rings. The van der Waals surface area contributed by atoms with Crippen LogP contribution < -0.4 is 10.5 Å². The maximum atomic E-state index is 10.5. The van der Waals surface area contributed by atoms with E-state index in [0.717, 1.165) is 37.0 Å². The van der Waals surface area contributed by atoms with E-state index in [2.05, 4.69) is 0 Å². The van der Waals surface area contributed by atoms with Crippen molar-refractivity contribution < 1.29 is 9.84 Å². The molecule has 0 saturated heterocycles. The summed E-state index contributed by atoms with van der Waals surface area (Å²) >= 11 is 0. The molecule has 1 atom stereocenters. The molecule has 1 saturated carbocycles. The number of hydrogen-bond acceptors (Lipinski definition) is 3. The van der Waals surface area contributed by atoms with Gasteiger partial charge in [-0.3, -0.25) is 0 Å². The molecule has 0 radical (unpaired) electrons. The summed E-state index contributed by atoms with van der Waals surface area (Å²) < 4.78 is 5.13. The molecule has 19 heavy (non-hydrogen) atoms. The van der Waals surface area contributed by atoms with Crippen LogP contribution in [0.25, 0.3) is 0 Å². The third kappa shape index (κ3) is 4.37. The zero-order chi connectivity index (χ0) is 13.0. The molecule has 0 aliphatic heterocycles. The molecule has 3 nitrogen and oxygen atoms in total. The largest absolute Gasteiger partial charge is 0.497 e. The minimum atomic E-state index is -0.558. The Balaban J connectivity index is 0.00000180. The molecule has 0 spiro atoms. The molecule has 108 valence electrons. The minimum absolute atomic E-state index is 0. The number of halogens is 1. The van der Waals surface area contributed by atoms with E-state index in [-0.39, 0.29) is 18.4 Å². The number of rotatable bonds is 4.